The van der Waals surface area contributed by atoms with E-state index in [-0.39, 0.29) is 17.7 Å². The first-order chi connectivity index (χ1) is 18.4. The fraction of sp³-hybridized carbons (Fsp3) is 0.143. The first-order valence-electron chi connectivity index (χ1n) is 11.9. The molecule has 4 heterocycles. The molecule has 38 heavy (non-hydrogen) atoms. The summed E-state index contributed by atoms with van der Waals surface area (Å²) in [5.74, 6) is -1.25. The number of fused-ring (bicyclic) bond motifs is 2. The number of thioether (sulfide) groups is 1. The molecule has 6 rings (SSSR count). The van der Waals surface area contributed by atoms with Gasteiger partial charge in [0, 0.05) is 39.5 Å². The van der Waals surface area contributed by atoms with Gasteiger partial charge in [0.05, 0.1) is 17.6 Å². The van der Waals surface area contributed by atoms with Gasteiger partial charge in [0.2, 0.25) is 0 Å². The molecule has 2 aromatic heterocycles. The standard InChI is InChI=1S/C28H22F2N6OS/c1-15-19-8-9-32-27(25(19)28(37)36(15)13-16-2-5-21(29)22(30)10-16)33-12-18-4-7-24(38-18)17-3-6-23-20(11-17)26(31)35-14-34-23/h2-6,8-11,14,24H,1,7,12-13H2,(H,32,33)(H2,31,34,35). The first kappa shape index (κ1) is 24.1. The summed E-state index contributed by atoms with van der Waals surface area (Å²) in [5.41, 5.74) is 10.0. The number of halogens is 2. The van der Waals surface area contributed by atoms with E-state index in [0.717, 1.165) is 39.9 Å². The van der Waals surface area contributed by atoms with Crippen LogP contribution < -0.4 is 11.1 Å². The minimum Gasteiger partial charge on any atom is -0.383 e. The second kappa shape index (κ2) is 9.53. The van der Waals surface area contributed by atoms with Gasteiger partial charge in [-0.2, -0.15) is 0 Å². The number of amides is 1. The van der Waals surface area contributed by atoms with Gasteiger partial charge in [-0.3, -0.25) is 4.79 Å². The van der Waals surface area contributed by atoms with E-state index in [9.17, 15) is 13.6 Å². The van der Waals surface area contributed by atoms with E-state index in [1.807, 2.05) is 12.1 Å². The predicted molar refractivity (Wildman–Crippen MR) is 145 cm³/mol. The number of pyridine rings is 1. The van der Waals surface area contributed by atoms with E-state index in [1.54, 1.807) is 24.0 Å². The minimum atomic E-state index is -0.956. The number of rotatable bonds is 6. The van der Waals surface area contributed by atoms with Gasteiger partial charge in [0.25, 0.3) is 5.91 Å². The summed E-state index contributed by atoms with van der Waals surface area (Å²) >= 11 is 1.75. The Bertz CT molecular complexity index is 1660. The molecule has 2 aliphatic heterocycles. The minimum absolute atomic E-state index is 0.0764. The Labute approximate surface area is 221 Å². The van der Waals surface area contributed by atoms with Gasteiger partial charge < -0.3 is 16.0 Å². The molecular formula is C28H22F2N6OS. The highest BCUT2D eigenvalue weighted by Crippen LogP contribution is 2.44. The molecule has 190 valence electrons. The summed E-state index contributed by atoms with van der Waals surface area (Å²) in [7, 11) is 0. The summed E-state index contributed by atoms with van der Waals surface area (Å²) in [6.07, 6.45) is 6.13. The molecule has 4 aromatic rings. The summed E-state index contributed by atoms with van der Waals surface area (Å²) in [4.78, 5) is 28.7. The maximum Gasteiger partial charge on any atom is 0.263 e. The summed E-state index contributed by atoms with van der Waals surface area (Å²) in [6.45, 7) is 4.64. The van der Waals surface area contributed by atoms with Crippen molar-refractivity contribution >= 4 is 45.9 Å². The highest BCUT2D eigenvalue weighted by atomic mass is 32.2. The van der Waals surface area contributed by atoms with Crippen molar-refractivity contribution in [1.29, 1.82) is 0 Å². The average Bonchev–Trinajstić information content (AvgIpc) is 3.49. The molecule has 0 saturated carbocycles. The Hall–Kier alpha value is -4.31. The van der Waals surface area contributed by atoms with E-state index in [4.69, 9.17) is 5.73 Å². The lowest BCUT2D eigenvalue weighted by molar-refractivity contribution is 0.0843. The zero-order valence-electron chi connectivity index (χ0n) is 20.1. The number of nitrogen functional groups attached to an aromatic ring is 1. The molecule has 0 fully saturated rings. The number of nitrogens with zero attached hydrogens (tertiary/aromatic N) is 4. The number of carbonyl (C=O) groups is 1. The molecule has 2 aliphatic rings. The molecule has 0 radical (unpaired) electrons. The highest BCUT2D eigenvalue weighted by molar-refractivity contribution is 8.03. The van der Waals surface area contributed by atoms with Crippen molar-refractivity contribution in [2.75, 3.05) is 17.6 Å². The van der Waals surface area contributed by atoms with Crippen molar-refractivity contribution in [1.82, 2.24) is 19.9 Å². The molecular weight excluding hydrogens is 506 g/mol. The van der Waals surface area contributed by atoms with Gasteiger partial charge in [-0.25, -0.2) is 23.7 Å². The molecule has 1 atom stereocenters. The molecule has 3 N–H and O–H groups in total. The normalized spacial score (nSPS) is 16.7. The zero-order valence-corrected chi connectivity index (χ0v) is 20.9. The Balaban J connectivity index is 1.15. The van der Waals surface area contributed by atoms with E-state index >= 15 is 0 Å². The molecule has 0 spiro atoms. The number of benzene rings is 2. The van der Waals surface area contributed by atoms with E-state index < -0.39 is 11.6 Å². The fourth-order valence-corrected chi connectivity index (χ4v) is 5.93. The van der Waals surface area contributed by atoms with Gasteiger partial charge in [-0.05, 0) is 47.9 Å². The second-order valence-electron chi connectivity index (χ2n) is 9.07. The van der Waals surface area contributed by atoms with Crippen LogP contribution >= 0.6 is 11.8 Å². The third kappa shape index (κ3) is 4.26. The number of hydrogen-bond donors (Lipinski definition) is 2. The van der Waals surface area contributed by atoms with E-state index in [1.165, 1.54) is 17.3 Å². The van der Waals surface area contributed by atoms with E-state index in [0.29, 0.717) is 40.6 Å². The maximum absolute atomic E-state index is 13.7. The predicted octanol–water partition coefficient (Wildman–Crippen LogP) is 5.69. The summed E-state index contributed by atoms with van der Waals surface area (Å²) in [6, 6.07) is 11.4. The number of anilines is 2. The molecule has 1 unspecified atom stereocenters. The van der Waals surface area contributed by atoms with Crippen LogP contribution in [0.3, 0.4) is 0 Å². The fourth-order valence-electron chi connectivity index (χ4n) is 4.74. The first-order valence-corrected chi connectivity index (χ1v) is 12.8. The quantitative estimate of drug-likeness (QED) is 0.332. The number of hydrogen-bond acceptors (Lipinski definition) is 7. The van der Waals surface area contributed by atoms with Crippen LogP contribution in [0.4, 0.5) is 20.4 Å². The lowest BCUT2D eigenvalue weighted by atomic mass is 10.1. The lowest BCUT2D eigenvalue weighted by Gasteiger charge is -2.17. The summed E-state index contributed by atoms with van der Waals surface area (Å²) in [5, 5.41) is 4.39. The van der Waals surface area contributed by atoms with E-state index in [2.05, 4.69) is 39.0 Å². The van der Waals surface area contributed by atoms with Crippen LogP contribution in [-0.4, -0.2) is 32.3 Å². The van der Waals surface area contributed by atoms with Gasteiger partial charge >= 0.3 is 0 Å². The van der Waals surface area contributed by atoms with Crippen LogP contribution in [-0.2, 0) is 6.54 Å². The van der Waals surface area contributed by atoms with Crippen molar-refractivity contribution in [2.24, 2.45) is 0 Å². The van der Waals surface area contributed by atoms with Crippen LogP contribution in [0, 0.1) is 11.6 Å². The monoisotopic (exact) mass is 528 g/mol. The summed E-state index contributed by atoms with van der Waals surface area (Å²) < 4.78 is 27.0. The molecule has 0 aliphatic carbocycles. The van der Waals surface area contributed by atoms with Gasteiger partial charge in [0.1, 0.15) is 18.0 Å². The van der Waals surface area contributed by atoms with Crippen LogP contribution in [0.1, 0.15) is 38.7 Å². The van der Waals surface area contributed by atoms with Crippen molar-refractivity contribution in [3.8, 4) is 0 Å². The topological polar surface area (TPSA) is 97.0 Å². The van der Waals surface area contributed by atoms with Gasteiger partial charge in [-0.15, -0.1) is 11.8 Å². The van der Waals surface area contributed by atoms with Crippen molar-refractivity contribution in [3.63, 3.8) is 0 Å². The van der Waals surface area contributed by atoms with Crippen molar-refractivity contribution < 1.29 is 13.6 Å². The largest absolute Gasteiger partial charge is 0.383 e. The van der Waals surface area contributed by atoms with Crippen LogP contribution in [0.25, 0.3) is 16.6 Å². The van der Waals surface area contributed by atoms with Crippen LogP contribution in [0.15, 0.2) is 72.5 Å². The number of nitrogens with one attached hydrogen (secondary N) is 1. The Kier molecular flexibility index (Phi) is 6.03. The number of nitrogens with two attached hydrogens (primary N) is 1. The molecule has 0 bridgehead atoms. The second-order valence-corrected chi connectivity index (χ2v) is 10.4. The number of aromatic nitrogens is 3. The third-order valence-corrected chi connectivity index (χ3v) is 8.08. The van der Waals surface area contributed by atoms with Crippen LogP contribution in [0.2, 0.25) is 0 Å². The molecule has 2 aromatic carbocycles. The molecule has 7 nitrogen and oxygen atoms in total. The van der Waals surface area contributed by atoms with Crippen molar-refractivity contribution in [3.05, 3.63) is 106 Å². The molecule has 0 saturated heterocycles. The Morgan fingerprint density at radius 2 is 1.97 bits per heavy atom. The average molecular weight is 529 g/mol. The molecule has 1 amide bonds. The Morgan fingerprint density at radius 3 is 2.82 bits per heavy atom. The smallest absolute Gasteiger partial charge is 0.263 e. The van der Waals surface area contributed by atoms with Crippen LogP contribution in [0.5, 0.6) is 0 Å². The SMILES string of the molecule is C=C1c2ccnc(NCC3=CCC(c4ccc5ncnc(N)c5c4)S3)c2C(=O)N1Cc1ccc(F)c(F)c1. The lowest BCUT2D eigenvalue weighted by Crippen LogP contribution is -2.23. The Morgan fingerprint density at radius 1 is 1.11 bits per heavy atom. The molecule has 10 heteroatoms. The maximum atomic E-state index is 13.7. The highest BCUT2D eigenvalue weighted by Gasteiger charge is 2.34. The third-order valence-electron chi connectivity index (χ3n) is 6.72. The van der Waals surface area contributed by atoms with Crippen molar-refractivity contribution in [2.45, 2.75) is 18.2 Å². The van der Waals surface area contributed by atoms with Gasteiger partial charge in [-0.1, -0.05) is 24.8 Å². The van der Waals surface area contributed by atoms with Gasteiger partial charge in [0.15, 0.2) is 11.6 Å². The number of carbonyl (C=O) groups excluding carboxylic acids is 1. The number of allylic oxidation sites excluding steroid dienone is 1. The zero-order chi connectivity index (χ0) is 26.4.